The molecule has 0 amide bonds. The Balaban J connectivity index is 0.00000196. The number of aliphatic carboxylic acids is 1. The molecule has 3 nitrogen and oxygen atoms in total. The summed E-state index contributed by atoms with van der Waals surface area (Å²) in [5.74, 6) is -2.66. The van der Waals surface area contributed by atoms with Crippen LogP contribution in [0.25, 0.3) is 0 Å². The fourth-order valence-corrected chi connectivity index (χ4v) is 1.10. The van der Waals surface area contributed by atoms with E-state index in [2.05, 4.69) is 0 Å². The molecule has 1 atom stereocenters. The lowest BCUT2D eigenvalue weighted by Crippen LogP contribution is -2.16. The molecule has 0 aliphatic carbocycles. The van der Waals surface area contributed by atoms with E-state index in [4.69, 9.17) is 10.8 Å². The predicted octanol–water partition coefficient (Wildman–Crippen LogP) is 1.86. The maximum absolute atomic E-state index is 13.0. The van der Waals surface area contributed by atoms with E-state index in [9.17, 15) is 13.6 Å². The average molecular weight is 238 g/mol. The summed E-state index contributed by atoms with van der Waals surface area (Å²) in [5.41, 5.74) is 5.41. The van der Waals surface area contributed by atoms with Crippen molar-refractivity contribution in [3.05, 3.63) is 35.4 Å². The largest absolute Gasteiger partial charge is 0.481 e. The number of hydrogen-bond donors (Lipinski definition) is 2. The van der Waals surface area contributed by atoms with Gasteiger partial charge in [0.2, 0.25) is 0 Å². The van der Waals surface area contributed by atoms with Gasteiger partial charge in [0.25, 0.3) is 0 Å². The smallest absolute Gasteiger partial charge is 0.305 e. The van der Waals surface area contributed by atoms with E-state index < -0.39 is 23.6 Å². The van der Waals surface area contributed by atoms with E-state index in [-0.39, 0.29) is 24.4 Å². The highest BCUT2D eigenvalue weighted by atomic mass is 35.5. The zero-order valence-electron chi connectivity index (χ0n) is 7.61. The highest BCUT2D eigenvalue weighted by Crippen LogP contribution is 2.18. The summed E-state index contributed by atoms with van der Waals surface area (Å²) >= 11 is 0. The van der Waals surface area contributed by atoms with Crippen molar-refractivity contribution in [1.29, 1.82) is 0 Å². The van der Waals surface area contributed by atoms with Crippen LogP contribution in [0.2, 0.25) is 0 Å². The molecule has 0 bridgehead atoms. The highest BCUT2D eigenvalue weighted by molar-refractivity contribution is 5.85. The second kappa shape index (κ2) is 5.63. The maximum atomic E-state index is 13.0. The van der Waals surface area contributed by atoms with E-state index in [0.29, 0.717) is 6.07 Å². The molecule has 3 N–H and O–H groups in total. The lowest BCUT2D eigenvalue weighted by Gasteiger charge is -2.09. The zero-order chi connectivity index (χ0) is 10.7. The van der Waals surface area contributed by atoms with E-state index in [1.165, 1.54) is 0 Å². The van der Waals surface area contributed by atoms with Crippen LogP contribution in [-0.2, 0) is 4.79 Å². The van der Waals surface area contributed by atoms with Gasteiger partial charge in [-0.15, -0.1) is 12.4 Å². The molecular formula is C9H10ClF2NO2. The van der Waals surface area contributed by atoms with E-state index in [0.717, 1.165) is 12.1 Å². The van der Waals surface area contributed by atoms with Crippen molar-refractivity contribution in [1.82, 2.24) is 0 Å². The van der Waals surface area contributed by atoms with Crippen molar-refractivity contribution in [2.75, 3.05) is 0 Å². The molecular weight excluding hydrogens is 228 g/mol. The average Bonchev–Trinajstić information content (AvgIpc) is 2.01. The number of rotatable bonds is 3. The van der Waals surface area contributed by atoms with Gasteiger partial charge in [0.1, 0.15) is 11.6 Å². The summed E-state index contributed by atoms with van der Waals surface area (Å²) in [4.78, 5) is 10.3. The number of carboxylic acid groups (broad SMARTS) is 1. The van der Waals surface area contributed by atoms with Crippen LogP contribution in [0.3, 0.4) is 0 Å². The summed E-state index contributed by atoms with van der Waals surface area (Å²) in [6, 6.07) is 1.92. The van der Waals surface area contributed by atoms with Crippen LogP contribution in [0.4, 0.5) is 8.78 Å². The van der Waals surface area contributed by atoms with Gasteiger partial charge in [0.05, 0.1) is 6.42 Å². The molecule has 1 aromatic carbocycles. The zero-order valence-corrected chi connectivity index (χ0v) is 8.43. The molecule has 0 saturated carbocycles. The molecule has 0 fully saturated rings. The Morgan fingerprint density at radius 2 is 2.07 bits per heavy atom. The van der Waals surface area contributed by atoms with Crippen molar-refractivity contribution in [2.45, 2.75) is 12.5 Å². The molecule has 0 spiro atoms. The van der Waals surface area contributed by atoms with Crippen LogP contribution in [0.1, 0.15) is 18.0 Å². The second-order valence-corrected chi connectivity index (χ2v) is 2.87. The first-order valence-electron chi connectivity index (χ1n) is 3.93. The number of benzene rings is 1. The summed E-state index contributed by atoms with van der Waals surface area (Å²) in [6.07, 6.45) is -0.386. The van der Waals surface area contributed by atoms with Gasteiger partial charge in [0, 0.05) is 17.7 Å². The monoisotopic (exact) mass is 237 g/mol. The van der Waals surface area contributed by atoms with Crippen LogP contribution >= 0.6 is 12.4 Å². The number of nitrogens with two attached hydrogens (primary N) is 1. The van der Waals surface area contributed by atoms with Gasteiger partial charge in [-0.3, -0.25) is 4.79 Å². The third kappa shape index (κ3) is 3.81. The van der Waals surface area contributed by atoms with Crippen molar-refractivity contribution in [3.63, 3.8) is 0 Å². The molecule has 0 heterocycles. The first kappa shape index (κ1) is 13.8. The number of carbonyl (C=O) groups is 1. The normalized spacial score (nSPS) is 11.7. The molecule has 0 unspecified atom stereocenters. The van der Waals surface area contributed by atoms with Gasteiger partial charge in [-0.25, -0.2) is 8.78 Å². The van der Waals surface area contributed by atoms with E-state index in [1.807, 2.05) is 0 Å². The Bertz CT molecular complexity index is 360. The summed E-state index contributed by atoms with van der Waals surface area (Å²) in [6.45, 7) is 0. The molecule has 84 valence electrons. The van der Waals surface area contributed by atoms with Crippen molar-refractivity contribution < 1.29 is 18.7 Å². The van der Waals surface area contributed by atoms with Crippen molar-refractivity contribution in [2.24, 2.45) is 5.73 Å². The molecule has 0 aromatic heterocycles. The summed E-state index contributed by atoms with van der Waals surface area (Å²) in [7, 11) is 0. The lowest BCUT2D eigenvalue weighted by atomic mass is 10.0. The third-order valence-corrected chi connectivity index (χ3v) is 1.76. The summed E-state index contributed by atoms with van der Waals surface area (Å²) < 4.78 is 25.5. The SMILES string of the molecule is Cl.N[C@H](CC(=O)O)c1ccc(F)cc1F. The number of halogens is 3. The molecule has 6 heteroatoms. The summed E-state index contributed by atoms with van der Waals surface area (Å²) in [5, 5.41) is 8.41. The molecule has 0 aliphatic rings. The number of carboxylic acids is 1. The van der Waals surface area contributed by atoms with Crippen LogP contribution in [0, 0.1) is 11.6 Å². The fourth-order valence-electron chi connectivity index (χ4n) is 1.10. The first-order chi connectivity index (χ1) is 6.50. The topological polar surface area (TPSA) is 63.3 Å². The Labute approximate surface area is 91.3 Å². The van der Waals surface area contributed by atoms with Crippen molar-refractivity contribution >= 4 is 18.4 Å². The Morgan fingerprint density at radius 1 is 1.47 bits per heavy atom. The minimum Gasteiger partial charge on any atom is -0.481 e. The predicted molar refractivity (Wildman–Crippen MR) is 52.8 cm³/mol. The van der Waals surface area contributed by atoms with Crippen LogP contribution in [0.5, 0.6) is 0 Å². The first-order valence-corrected chi connectivity index (χ1v) is 3.93. The molecule has 15 heavy (non-hydrogen) atoms. The van der Waals surface area contributed by atoms with E-state index >= 15 is 0 Å². The van der Waals surface area contributed by atoms with Gasteiger partial charge < -0.3 is 10.8 Å². The fraction of sp³-hybridized carbons (Fsp3) is 0.222. The van der Waals surface area contributed by atoms with Crippen LogP contribution < -0.4 is 5.73 Å². The Morgan fingerprint density at radius 3 is 2.53 bits per heavy atom. The Hall–Kier alpha value is -1.20. The molecule has 0 aliphatic heterocycles. The molecule has 0 radical (unpaired) electrons. The van der Waals surface area contributed by atoms with E-state index in [1.54, 1.807) is 0 Å². The van der Waals surface area contributed by atoms with Crippen LogP contribution in [-0.4, -0.2) is 11.1 Å². The third-order valence-electron chi connectivity index (χ3n) is 1.76. The van der Waals surface area contributed by atoms with Gasteiger partial charge in [-0.1, -0.05) is 6.07 Å². The quantitative estimate of drug-likeness (QED) is 0.844. The van der Waals surface area contributed by atoms with Crippen molar-refractivity contribution in [3.8, 4) is 0 Å². The second-order valence-electron chi connectivity index (χ2n) is 2.87. The molecule has 1 rings (SSSR count). The van der Waals surface area contributed by atoms with Gasteiger partial charge in [0.15, 0.2) is 0 Å². The minimum atomic E-state index is -1.12. The standard InChI is InChI=1S/C9H9F2NO2.ClH/c10-5-1-2-6(7(11)3-5)8(12)4-9(13)14;/h1-3,8H,4,12H2,(H,13,14);1H/t8-;/m1./s1. The molecule has 1 aromatic rings. The lowest BCUT2D eigenvalue weighted by molar-refractivity contribution is -0.137. The van der Waals surface area contributed by atoms with Gasteiger partial charge >= 0.3 is 5.97 Å². The highest BCUT2D eigenvalue weighted by Gasteiger charge is 2.14. The number of hydrogen-bond acceptors (Lipinski definition) is 2. The molecule has 0 saturated heterocycles. The Kier molecular flexibility index (Phi) is 5.18. The van der Waals surface area contributed by atoms with Crippen LogP contribution in [0.15, 0.2) is 18.2 Å². The van der Waals surface area contributed by atoms with Gasteiger partial charge in [-0.2, -0.15) is 0 Å². The minimum absolute atomic E-state index is 0. The van der Waals surface area contributed by atoms with Gasteiger partial charge in [-0.05, 0) is 6.07 Å². The maximum Gasteiger partial charge on any atom is 0.305 e.